The van der Waals surface area contributed by atoms with Gasteiger partial charge in [-0.2, -0.15) is 4.79 Å². The van der Waals surface area contributed by atoms with Crippen LogP contribution >= 0.6 is 0 Å². The molecule has 0 aliphatic carbocycles. The van der Waals surface area contributed by atoms with Crippen molar-refractivity contribution in [1.29, 1.82) is 0 Å². The van der Waals surface area contributed by atoms with Crippen LogP contribution < -0.4 is 5.32 Å². The van der Waals surface area contributed by atoms with Gasteiger partial charge in [-0.25, -0.2) is 9.59 Å². The predicted octanol–water partition coefficient (Wildman–Crippen LogP) is 0.703. The quantitative estimate of drug-likeness (QED) is 0.333. The second-order valence-corrected chi connectivity index (χ2v) is 4.97. The summed E-state index contributed by atoms with van der Waals surface area (Å²) in [5, 5.41) is 2.33. The fourth-order valence-electron chi connectivity index (χ4n) is 1.26. The van der Waals surface area contributed by atoms with E-state index in [-0.39, 0.29) is 12.8 Å². The van der Waals surface area contributed by atoms with Gasteiger partial charge in [0.1, 0.15) is 11.6 Å². The Morgan fingerprint density at radius 1 is 1.35 bits per heavy atom. The molecule has 0 radical (unpaired) electrons. The third-order valence-electron chi connectivity index (χ3n) is 2.06. The molecular weight excluding hydrogens is 266 g/mol. The highest BCUT2D eigenvalue weighted by Gasteiger charge is 2.25. The first-order valence-electron chi connectivity index (χ1n) is 5.97. The number of nitrogens with zero attached hydrogens (tertiary/aromatic N) is 2. The summed E-state index contributed by atoms with van der Waals surface area (Å²) in [7, 11) is 1.17. The molecule has 0 heterocycles. The number of carbonyl (C=O) groups excluding carboxylic acids is 3. The zero-order valence-corrected chi connectivity index (χ0v) is 12.0. The zero-order valence-electron chi connectivity index (χ0n) is 12.0. The van der Waals surface area contributed by atoms with Crippen molar-refractivity contribution >= 4 is 24.1 Å². The Balaban J connectivity index is 4.58. The van der Waals surface area contributed by atoms with Crippen molar-refractivity contribution in [2.24, 2.45) is 0 Å². The average Bonchev–Trinajstić information content (AvgIpc) is 2.31. The topological polar surface area (TPSA) is 118 Å². The van der Waals surface area contributed by atoms with Gasteiger partial charge in [0.25, 0.3) is 0 Å². The fourth-order valence-corrected chi connectivity index (χ4v) is 1.26. The average molecular weight is 285 g/mol. The summed E-state index contributed by atoms with van der Waals surface area (Å²) in [6.45, 7) is 5.04. The van der Waals surface area contributed by atoms with Gasteiger partial charge in [0.05, 0.1) is 7.11 Å². The minimum atomic E-state index is -1.01. The minimum absolute atomic E-state index is 0.0107. The van der Waals surface area contributed by atoms with Crippen LogP contribution in [0.3, 0.4) is 0 Å². The highest BCUT2D eigenvalue weighted by molar-refractivity contribution is 6.25. The Hall–Kier alpha value is -2.21. The van der Waals surface area contributed by atoms with Gasteiger partial charge in [-0.1, -0.05) is 0 Å². The van der Waals surface area contributed by atoms with Crippen LogP contribution in [0.15, 0.2) is 0 Å². The Labute approximate surface area is 117 Å². The van der Waals surface area contributed by atoms with Crippen LogP contribution in [-0.2, 0) is 19.1 Å². The smallest absolute Gasteiger partial charge is 0.408 e. The van der Waals surface area contributed by atoms with E-state index in [2.05, 4.69) is 14.8 Å². The monoisotopic (exact) mass is 285 g/mol. The van der Waals surface area contributed by atoms with Gasteiger partial charge in [0.15, 0.2) is 0 Å². The Morgan fingerprint density at radius 2 is 1.95 bits per heavy atom. The molecule has 0 fully saturated rings. The number of amides is 1. The number of carbonyl (C=O) groups is 3. The van der Waals surface area contributed by atoms with E-state index in [4.69, 9.17) is 10.3 Å². The highest BCUT2D eigenvalue weighted by Crippen LogP contribution is 2.08. The predicted molar refractivity (Wildman–Crippen MR) is 69.1 cm³/mol. The van der Waals surface area contributed by atoms with E-state index in [0.29, 0.717) is 0 Å². The molecule has 0 aliphatic rings. The lowest BCUT2D eigenvalue weighted by molar-refractivity contribution is -0.143. The number of ether oxygens (including phenoxy) is 2. The van der Waals surface area contributed by atoms with Crippen molar-refractivity contribution in [3.63, 3.8) is 0 Å². The number of ketones is 1. The summed E-state index contributed by atoms with van der Waals surface area (Å²) in [5.41, 5.74) is 7.49. The van der Waals surface area contributed by atoms with Gasteiger partial charge >= 0.3 is 18.3 Å². The van der Waals surface area contributed by atoms with E-state index in [0.717, 1.165) is 6.21 Å². The van der Waals surface area contributed by atoms with Gasteiger partial charge in [0.2, 0.25) is 5.78 Å². The lowest BCUT2D eigenvalue weighted by atomic mass is 10.1. The normalized spacial score (nSPS) is 11.8. The van der Waals surface area contributed by atoms with Crippen LogP contribution in [0.25, 0.3) is 5.53 Å². The summed E-state index contributed by atoms with van der Waals surface area (Å²) in [5.74, 6) is -1.17. The maximum atomic E-state index is 11.6. The second kappa shape index (κ2) is 8.06. The third kappa shape index (κ3) is 7.99. The van der Waals surface area contributed by atoms with Crippen molar-refractivity contribution < 1.29 is 28.6 Å². The molecule has 0 bridgehead atoms. The summed E-state index contributed by atoms with van der Waals surface area (Å²) in [6.07, 6.45) is -0.130. The standard InChI is InChI=1S/C12H19N3O5/c1-12(2,3)20-11(18)15-9(10(17)19-4)6-5-8(16)7-14-13/h7,9H,5-6H2,1-4H3,(H,15,18)/t9-/m0/s1. The van der Waals surface area contributed by atoms with E-state index in [9.17, 15) is 14.4 Å². The van der Waals surface area contributed by atoms with Gasteiger partial charge < -0.3 is 20.3 Å². The number of alkyl carbamates (subject to hydrolysis) is 1. The number of nitrogens with one attached hydrogen (secondary N) is 1. The summed E-state index contributed by atoms with van der Waals surface area (Å²) in [4.78, 5) is 36.8. The Kier molecular flexibility index (Phi) is 7.17. The molecular formula is C12H19N3O5. The van der Waals surface area contributed by atoms with Crippen LogP contribution in [0.5, 0.6) is 0 Å². The largest absolute Gasteiger partial charge is 0.467 e. The van der Waals surface area contributed by atoms with Crippen molar-refractivity contribution in [3.05, 3.63) is 5.53 Å². The van der Waals surface area contributed by atoms with Crippen molar-refractivity contribution in [1.82, 2.24) is 5.32 Å². The molecule has 0 aliphatic heterocycles. The molecule has 0 rings (SSSR count). The molecule has 0 spiro atoms. The molecule has 0 saturated heterocycles. The third-order valence-corrected chi connectivity index (χ3v) is 2.06. The van der Waals surface area contributed by atoms with Crippen LogP contribution in [-0.4, -0.2) is 47.6 Å². The van der Waals surface area contributed by atoms with Gasteiger partial charge in [-0.15, -0.1) is 0 Å². The van der Waals surface area contributed by atoms with Crippen molar-refractivity contribution in [2.45, 2.75) is 45.3 Å². The molecule has 0 aromatic heterocycles. The lowest BCUT2D eigenvalue weighted by Crippen LogP contribution is -2.44. The van der Waals surface area contributed by atoms with Crippen LogP contribution in [0.4, 0.5) is 4.79 Å². The molecule has 0 unspecified atom stereocenters. The molecule has 1 N–H and O–H groups in total. The minimum Gasteiger partial charge on any atom is -0.467 e. The number of Topliss-reactive ketones (excluding diaryl/α,β-unsaturated/α-hetero) is 1. The number of rotatable bonds is 6. The molecule has 0 aromatic rings. The molecule has 8 nitrogen and oxygen atoms in total. The van der Waals surface area contributed by atoms with Crippen LogP contribution in [0.1, 0.15) is 33.6 Å². The second-order valence-electron chi connectivity index (χ2n) is 4.97. The Morgan fingerprint density at radius 3 is 2.40 bits per heavy atom. The summed E-state index contributed by atoms with van der Waals surface area (Å²) >= 11 is 0. The first-order chi connectivity index (χ1) is 9.19. The summed E-state index contributed by atoms with van der Waals surface area (Å²) in [6, 6.07) is -1.01. The molecule has 0 aromatic carbocycles. The molecule has 112 valence electrons. The maximum Gasteiger partial charge on any atom is 0.408 e. The van der Waals surface area contributed by atoms with Gasteiger partial charge in [-0.05, 0) is 27.2 Å². The van der Waals surface area contributed by atoms with Gasteiger partial charge in [0, 0.05) is 6.42 Å². The number of methoxy groups -OCH3 is 1. The first kappa shape index (κ1) is 17.8. The molecule has 0 saturated carbocycles. The number of esters is 1. The molecule has 20 heavy (non-hydrogen) atoms. The molecule has 1 amide bonds. The van der Waals surface area contributed by atoms with E-state index in [1.807, 2.05) is 0 Å². The van der Waals surface area contributed by atoms with E-state index in [1.165, 1.54) is 7.11 Å². The zero-order chi connectivity index (χ0) is 15.8. The molecule has 8 heteroatoms. The maximum absolute atomic E-state index is 11.6. The van der Waals surface area contributed by atoms with E-state index >= 15 is 0 Å². The van der Waals surface area contributed by atoms with Crippen LogP contribution in [0.2, 0.25) is 0 Å². The highest BCUT2D eigenvalue weighted by atomic mass is 16.6. The number of hydrogen-bond acceptors (Lipinski definition) is 5. The van der Waals surface area contributed by atoms with Crippen molar-refractivity contribution in [2.75, 3.05) is 7.11 Å². The first-order valence-corrected chi connectivity index (χ1v) is 5.97. The lowest BCUT2D eigenvalue weighted by Gasteiger charge is -2.22. The van der Waals surface area contributed by atoms with Crippen LogP contribution in [0, 0.1) is 0 Å². The fraction of sp³-hybridized carbons (Fsp3) is 0.667. The van der Waals surface area contributed by atoms with E-state index in [1.54, 1.807) is 20.8 Å². The van der Waals surface area contributed by atoms with Crippen molar-refractivity contribution in [3.8, 4) is 0 Å². The summed E-state index contributed by atoms with van der Waals surface area (Å²) < 4.78 is 9.54. The number of hydrogen-bond donors (Lipinski definition) is 1. The SMILES string of the molecule is COC(=O)[C@H](CCC(=O)C=[N+]=[N-])NC(=O)OC(C)(C)C. The van der Waals surface area contributed by atoms with E-state index < -0.39 is 29.5 Å². The molecule has 1 atom stereocenters. The van der Waals surface area contributed by atoms with Gasteiger partial charge in [-0.3, -0.25) is 4.79 Å². The Bertz CT molecular complexity index is 421.